The standard InChI is InChI=1S/C10H16N4O3S/c11-13-9-4-1-5-12-10(9)18(15,16)14-8-3-2-6-17-7-8/h1,4-5,8,13-14H,2-3,6-7,11H2. The number of nitrogens with zero attached hydrogens (tertiary/aromatic N) is 1. The van der Waals surface area contributed by atoms with Gasteiger partial charge in [-0.1, -0.05) is 0 Å². The monoisotopic (exact) mass is 272 g/mol. The summed E-state index contributed by atoms with van der Waals surface area (Å²) in [6.45, 7) is 1.06. The molecule has 1 fully saturated rings. The number of nitrogens with two attached hydrogens (primary N) is 1. The quantitative estimate of drug-likeness (QED) is 0.519. The summed E-state index contributed by atoms with van der Waals surface area (Å²) in [6.07, 6.45) is 3.02. The van der Waals surface area contributed by atoms with E-state index in [1.54, 1.807) is 12.1 Å². The van der Waals surface area contributed by atoms with Crippen molar-refractivity contribution in [2.75, 3.05) is 18.6 Å². The van der Waals surface area contributed by atoms with Crippen LogP contribution in [-0.2, 0) is 14.8 Å². The van der Waals surface area contributed by atoms with Crippen LogP contribution in [0.1, 0.15) is 12.8 Å². The van der Waals surface area contributed by atoms with E-state index in [-0.39, 0.29) is 16.8 Å². The van der Waals surface area contributed by atoms with Gasteiger partial charge in [-0.2, -0.15) is 0 Å². The molecule has 100 valence electrons. The Hall–Kier alpha value is -1.22. The Bertz CT molecular complexity index is 500. The van der Waals surface area contributed by atoms with Crippen molar-refractivity contribution >= 4 is 15.7 Å². The molecule has 1 aliphatic rings. The van der Waals surface area contributed by atoms with Gasteiger partial charge in [0.15, 0.2) is 5.03 Å². The Labute approximate surface area is 106 Å². The molecule has 0 aromatic carbocycles. The van der Waals surface area contributed by atoms with Crippen molar-refractivity contribution in [2.24, 2.45) is 5.84 Å². The number of aromatic nitrogens is 1. The Kier molecular flexibility index (Phi) is 4.12. The summed E-state index contributed by atoms with van der Waals surface area (Å²) in [4.78, 5) is 3.85. The van der Waals surface area contributed by atoms with Crippen LogP contribution < -0.4 is 16.0 Å². The van der Waals surface area contributed by atoms with Crippen LogP contribution in [0.15, 0.2) is 23.4 Å². The molecule has 1 aliphatic heterocycles. The Morgan fingerprint density at radius 1 is 1.50 bits per heavy atom. The lowest BCUT2D eigenvalue weighted by molar-refractivity contribution is 0.0774. The van der Waals surface area contributed by atoms with Crippen molar-refractivity contribution in [3.05, 3.63) is 18.3 Å². The number of pyridine rings is 1. The molecule has 0 spiro atoms. The molecule has 1 saturated heterocycles. The number of hydrazine groups is 1. The molecule has 0 saturated carbocycles. The second-order valence-corrected chi connectivity index (χ2v) is 5.67. The van der Waals surface area contributed by atoms with Crippen molar-refractivity contribution in [3.8, 4) is 0 Å². The first-order valence-corrected chi connectivity index (χ1v) is 7.13. The van der Waals surface area contributed by atoms with Crippen LogP contribution in [-0.4, -0.2) is 32.7 Å². The van der Waals surface area contributed by atoms with Crippen LogP contribution in [0.4, 0.5) is 5.69 Å². The second kappa shape index (κ2) is 5.61. The molecule has 0 amide bonds. The molecule has 1 aromatic heterocycles. The van der Waals surface area contributed by atoms with E-state index in [4.69, 9.17) is 10.6 Å². The topological polar surface area (TPSA) is 106 Å². The maximum atomic E-state index is 12.2. The third kappa shape index (κ3) is 2.96. The number of nitrogen functional groups attached to an aromatic ring is 1. The van der Waals surface area contributed by atoms with E-state index < -0.39 is 10.0 Å². The highest BCUT2D eigenvalue weighted by atomic mass is 32.2. The highest BCUT2D eigenvalue weighted by molar-refractivity contribution is 7.89. The highest BCUT2D eigenvalue weighted by Gasteiger charge is 2.25. The predicted octanol–water partition coefficient (Wildman–Crippen LogP) is -0.175. The van der Waals surface area contributed by atoms with Gasteiger partial charge in [0, 0.05) is 18.8 Å². The first kappa shape index (κ1) is 13.2. The number of hydrogen-bond acceptors (Lipinski definition) is 6. The molecule has 4 N–H and O–H groups in total. The van der Waals surface area contributed by atoms with E-state index in [9.17, 15) is 8.42 Å². The molecule has 0 aliphatic carbocycles. The molecule has 2 heterocycles. The molecule has 1 unspecified atom stereocenters. The van der Waals surface area contributed by atoms with Crippen LogP contribution in [0, 0.1) is 0 Å². The molecule has 1 aromatic rings. The largest absolute Gasteiger partial charge is 0.380 e. The molecule has 8 heteroatoms. The normalized spacial score (nSPS) is 20.6. The van der Waals surface area contributed by atoms with Crippen LogP contribution in [0.5, 0.6) is 0 Å². The van der Waals surface area contributed by atoms with E-state index in [2.05, 4.69) is 15.1 Å². The molecule has 18 heavy (non-hydrogen) atoms. The first-order valence-electron chi connectivity index (χ1n) is 5.65. The minimum atomic E-state index is -3.69. The van der Waals surface area contributed by atoms with Crippen molar-refractivity contribution in [1.29, 1.82) is 0 Å². The first-order chi connectivity index (χ1) is 8.63. The minimum absolute atomic E-state index is 0.0990. The van der Waals surface area contributed by atoms with Gasteiger partial charge in [-0.25, -0.2) is 18.1 Å². The molecular formula is C10H16N4O3S. The van der Waals surface area contributed by atoms with Crippen LogP contribution in [0.2, 0.25) is 0 Å². The molecule has 1 atom stereocenters. The number of hydrogen-bond donors (Lipinski definition) is 3. The van der Waals surface area contributed by atoms with Crippen LogP contribution >= 0.6 is 0 Å². The van der Waals surface area contributed by atoms with E-state index in [1.807, 2.05) is 0 Å². The van der Waals surface area contributed by atoms with Gasteiger partial charge in [0.25, 0.3) is 10.0 Å². The zero-order valence-electron chi connectivity index (χ0n) is 9.80. The van der Waals surface area contributed by atoms with Gasteiger partial charge in [0.2, 0.25) is 0 Å². The second-order valence-electron chi connectivity index (χ2n) is 4.04. The molecule has 7 nitrogen and oxygen atoms in total. The Morgan fingerprint density at radius 2 is 2.33 bits per heavy atom. The lowest BCUT2D eigenvalue weighted by atomic mass is 10.1. The third-order valence-corrected chi connectivity index (χ3v) is 4.14. The number of rotatable bonds is 4. The zero-order valence-corrected chi connectivity index (χ0v) is 10.6. The van der Waals surface area contributed by atoms with E-state index in [1.165, 1.54) is 6.20 Å². The van der Waals surface area contributed by atoms with Crippen LogP contribution in [0.25, 0.3) is 0 Å². The molecule has 0 bridgehead atoms. The summed E-state index contributed by atoms with van der Waals surface area (Å²) in [5.74, 6) is 5.27. The summed E-state index contributed by atoms with van der Waals surface area (Å²) < 4.78 is 32.1. The summed E-state index contributed by atoms with van der Waals surface area (Å²) in [5, 5.41) is -0.0990. The zero-order chi connectivity index (χ0) is 13.0. The summed E-state index contributed by atoms with van der Waals surface area (Å²) in [5.41, 5.74) is 2.59. The van der Waals surface area contributed by atoms with Crippen molar-refractivity contribution < 1.29 is 13.2 Å². The van der Waals surface area contributed by atoms with Gasteiger partial charge in [-0.15, -0.1) is 0 Å². The summed E-state index contributed by atoms with van der Waals surface area (Å²) in [7, 11) is -3.69. The van der Waals surface area contributed by atoms with E-state index in [0.717, 1.165) is 12.8 Å². The van der Waals surface area contributed by atoms with Gasteiger partial charge in [0.05, 0.1) is 12.3 Å². The summed E-state index contributed by atoms with van der Waals surface area (Å²) >= 11 is 0. The molecule has 2 rings (SSSR count). The fourth-order valence-electron chi connectivity index (χ4n) is 1.82. The Balaban J connectivity index is 2.19. The summed E-state index contributed by atoms with van der Waals surface area (Å²) in [6, 6.07) is 2.95. The molecular weight excluding hydrogens is 256 g/mol. The van der Waals surface area contributed by atoms with Gasteiger partial charge < -0.3 is 10.2 Å². The Morgan fingerprint density at radius 3 is 3.00 bits per heavy atom. The SMILES string of the molecule is NNc1cccnc1S(=O)(=O)NC1CCCOC1. The van der Waals surface area contributed by atoms with Gasteiger partial charge in [-0.3, -0.25) is 5.84 Å². The van der Waals surface area contributed by atoms with Crippen LogP contribution in [0.3, 0.4) is 0 Å². The fourth-order valence-corrected chi connectivity index (χ4v) is 3.18. The highest BCUT2D eigenvalue weighted by Crippen LogP contribution is 2.18. The van der Waals surface area contributed by atoms with E-state index in [0.29, 0.717) is 13.2 Å². The predicted molar refractivity (Wildman–Crippen MR) is 66.2 cm³/mol. The lowest BCUT2D eigenvalue weighted by Crippen LogP contribution is -2.41. The average molecular weight is 272 g/mol. The van der Waals surface area contributed by atoms with E-state index >= 15 is 0 Å². The maximum Gasteiger partial charge on any atom is 0.260 e. The lowest BCUT2D eigenvalue weighted by Gasteiger charge is -2.23. The van der Waals surface area contributed by atoms with Crippen molar-refractivity contribution in [3.63, 3.8) is 0 Å². The fraction of sp³-hybridized carbons (Fsp3) is 0.500. The number of anilines is 1. The number of nitrogens with one attached hydrogen (secondary N) is 2. The van der Waals surface area contributed by atoms with Gasteiger partial charge in [0.1, 0.15) is 0 Å². The van der Waals surface area contributed by atoms with Crippen molar-refractivity contribution in [1.82, 2.24) is 9.71 Å². The smallest absolute Gasteiger partial charge is 0.260 e. The van der Waals surface area contributed by atoms with Gasteiger partial charge >= 0.3 is 0 Å². The van der Waals surface area contributed by atoms with Crippen molar-refractivity contribution in [2.45, 2.75) is 23.9 Å². The molecule has 0 radical (unpaired) electrons. The third-order valence-electron chi connectivity index (χ3n) is 2.66. The van der Waals surface area contributed by atoms with Gasteiger partial charge in [-0.05, 0) is 25.0 Å². The maximum absolute atomic E-state index is 12.2. The average Bonchev–Trinajstić information content (AvgIpc) is 2.39. The minimum Gasteiger partial charge on any atom is -0.380 e. The number of sulfonamides is 1. The number of ether oxygens (including phenoxy) is 1.